The molecule has 1 aliphatic rings. The molecule has 2 aromatic rings. The number of amides is 1. The second-order valence-electron chi connectivity index (χ2n) is 5.97. The predicted molar refractivity (Wildman–Crippen MR) is 99.2 cm³/mol. The van der Waals surface area contributed by atoms with E-state index in [0.717, 1.165) is 19.4 Å². The maximum atomic E-state index is 12.5. The van der Waals surface area contributed by atoms with E-state index in [1.54, 1.807) is 6.07 Å². The van der Waals surface area contributed by atoms with Gasteiger partial charge in [-0.15, -0.1) is 0 Å². The Balaban J connectivity index is 1.57. The highest BCUT2D eigenvalue weighted by Gasteiger charge is 2.08. The number of para-hydroxylation sites is 1. The summed E-state index contributed by atoms with van der Waals surface area (Å²) >= 11 is 5.25. The molecule has 6 nitrogen and oxygen atoms in total. The minimum Gasteiger partial charge on any atom is -0.377 e. The van der Waals surface area contributed by atoms with E-state index in [-0.39, 0.29) is 24.4 Å². The minimum atomic E-state index is -0.167. The summed E-state index contributed by atoms with van der Waals surface area (Å²) in [7, 11) is 0. The molecule has 0 bridgehead atoms. The highest BCUT2D eigenvalue weighted by molar-refractivity contribution is 7.71. The summed E-state index contributed by atoms with van der Waals surface area (Å²) in [5.74, 6) is -0.0814. The maximum absolute atomic E-state index is 12.5. The Morgan fingerprint density at radius 1 is 1.36 bits per heavy atom. The molecule has 0 fully saturated rings. The molecule has 0 unspecified atom stereocenters. The fourth-order valence-electron chi connectivity index (χ4n) is 2.86. The third-order valence-electron chi connectivity index (χ3n) is 4.28. The fourth-order valence-corrected chi connectivity index (χ4v) is 3.14. The van der Waals surface area contributed by atoms with Crippen molar-refractivity contribution in [3.8, 4) is 0 Å². The Hall–Kier alpha value is -2.25. The van der Waals surface area contributed by atoms with Crippen molar-refractivity contribution in [2.24, 2.45) is 0 Å². The molecule has 1 aliphatic heterocycles. The van der Waals surface area contributed by atoms with Gasteiger partial charge in [0.2, 0.25) is 5.91 Å². The summed E-state index contributed by atoms with van der Waals surface area (Å²) < 4.78 is 7.04. The van der Waals surface area contributed by atoms with Gasteiger partial charge in [0, 0.05) is 19.5 Å². The lowest BCUT2D eigenvalue weighted by Gasteiger charge is -2.14. The van der Waals surface area contributed by atoms with Crippen LogP contribution in [0.3, 0.4) is 0 Å². The molecule has 2 heterocycles. The predicted octanol–water partition coefficient (Wildman–Crippen LogP) is 2.30. The second-order valence-corrected chi connectivity index (χ2v) is 6.36. The first-order chi connectivity index (χ1) is 12.1. The zero-order valence-corrected chi connectivity index (χ0v) is 14.7. The van der Waals surface area contributed by atoms with E-state index in [4.69, 9.17) is 17.0 Å². The highest BCUT2D eigenvalue weighted by atomic mass is 32.1. The summed E-state index contributed by atoms with van der Waals surface area (Å²) in [6, 6.07) is 7.22. The van der Waals surface area contributed by atoms with Crippen molar-refractivity contribution in [3.63, 3.8) is 0 Å². The van der Waals surface area contributed by atoms with Gasteiger partial charge in [0.1, 0.15) is 0 Å². The quantitative estimate of drug-likeness (QED) is 0.613. The van der Waals surface area contributed by atoms with Gasteiger partial charge >= 0.3 is 0 Å². The summed E-state index contributed by atoms with van der Waals surface area (Å²) in [5.41, 5.74) is 1.86. The number of H-pyrrole nitrogens is 1. The normalized spacial score (nSPS) is 14.3. The Morgan fingerprint density at radius 3 is 3.00 bits per heavy atom. The molecule has 1 aromatic carbocycles. The van der Waals surface area contributed by atoms with E-state index in [0.29, 0.717) is 28.8 Å². The van der Waals surface area contributed by atoms with Crippen LogP contribution in [0.25, 0.3) is 10.9 Å². The van der Waals surface area contributed by atoms with Crippen LogP contribution in [0.2, 0.25) is 0 Å². The number of carbonyl (C=O) groups excluding carboxylic acids is 1. The molecule has 25 heavy (non-hydrogen) atoms. The molecule has 3 rings (SSSR count). The first kappa shape index (κ1) is 17.6. The molecular weight excluding hydrogens is 338 g/mol. The number of aromatic amines is 1. The number of fused-ring (bicyclic) bond motifs is 1. The number of nitrogens with one attached hydrogen (secondary N) is 2. The van der Waals surface area contributed by atoms with Gasteiger partial charge in [-0.25, -0.2) is 0 Å². The highest BCUT2D eigenvalue weighted by Crippen LogP contribution is 2.10. The van der Waals surface area contributed by atoms with E-state index >= 15 is 0 Å². The van der Waals surface area contributed by atoms with Crippen LogP contribution >= 0.6 is 12.2 Å². The smallest absolute Gasteiger partial charge is 0.262 e. The van der Waals surface area contributed by atoms with E-state index in [2.05, 4.69) is 16.4 Å². The third-order valence-corrected chi connectivity index (χ3v) is 4.60. The fraction of sp³-hybridized carbons (Fsp3) is 0.389. The van der Waals surface area contributed by atoms with Gasteiger partial charge in [0.15, 0.2) is 4.77 Å². The van der Waals surface area contributed by atoms with Gasteiger partial charge in [0.25, 0.3) is 5.56 Å². The van der Waals surface area contributed by atoms with E-state index in [1.165, 1.54) is 10.1 Å². The molecule has 1 aromatic heterocycles. The molecule has 0 saturated carbocycles. The molecular formula is C18H21N3O3S. The average Bonchev–Trinajstić information content (AvgIpc) is 2.62. The van der Waals surface area contributed by atoms with Gasteiger partial charge in [-0.2, -0.15) is 0 Å². The van der Waals surface area contributed by atoms with Crippen LogP contribution in [0.5, 0.6) is 0 Å². The van der Waals surface area contributed by atoms with Crippen molar-refractivity contribution in [1.29, 1.82) is 0 Å². The Morgan fingerprint density at radius 2 is 2.20 bits per heavy atom. The average molecular weight is 359 g/mol. The topological polar surface area (TPSA) is 76.1 Å². The molecule has 0 aliphatic carbocycles. The first-order valence-electron chi connectivity index (χ1n) is 8.39. The summed E-state index contributed by atoms with van der Waals surface area (Å²) in [5, 5.41) is 3.47. The Bertz CT molecular complexity index is 914. The van der Waals surface area contributed by atoms with Crippen molar-refractivity contribution in [3.05, 3.63) is 51.0 Å². The summed E-state index contributed by atoms with van der Waals surface area (Å²) in [4.78, 5) is 27.6. The summed E-state index contributed by atoms with van der Waals surface area (Å²) in [6.07, 6.45) is 4.06. The van der Waals surface area contributed by atoms with Crippen molar-refractivity contribution in [2.75, 3.05) is 19.8 Å². The molecule has 132 valence electrons. The van der Waals surface area contributed by atoms with Gasteiger partial charge in [0.05, 0.1) is 24.1 Å². The lowest BCUT2D eigenvalue weighted by molar-refractivity contribution is -0.121. The van der Waals surface area contributed by atoms with Crippen LogP contribution in [-0.2, 0) is 16.1 Å². The number of carbonyl (C=O) groups is 1. The number of benzene rings is 1. The van der Waals surface area contributed by atoms with Crippen LogP contribution in [-0.4, -0.2) is 35.2 Å². The Kier molecular flexibility index (Phi) is 5.78. The van der Waals surface area contributed by atoms with Gasteiger partial charge in [-0.1, -0.05) is 23.8 Å². The number of aromatic nitrogens is 2. The van der Waals surface area contributed by atoms with Crippen molar-refractivity contribution < 1.29 is 9.53 Å². The van der Waals surface area contributed by atoms with Crippen molar-refractivity contribution in [1.82, 2.24) is 14.9 Å². The van der Waals surface area contributed by atoms with Crippen LogP contribution in [0.4, 0.5) is 0 Å². The number of rotatable bonds is 6. The lowest BCUT2D eigenvalue weighted by atomic mass is 10.1. The Labute approximate surface area is 150 Å². The minimum absolute atomic E-state index is 0.0814. The molecule has 2 N–H and O–H groups in total. The molecule has 0 saturated heterocycles. The zero-order valence-electron chi connectivity index (χ0n) is 13.9. The molecule has 0 radical (unpaired) electrons. The molecule has 7 heteroatoms. The van der Waals surface area contributed by atoms with Gasteiger partial charge in [-0.05, 0) is 37.2 Å². The van der Waals surface area contributed by atoms with Crippen LogP contribution in [0, 0.1) is 4.77 Å². The van der Waals surface area contributed by atoms with Crippen LogP contribution in [0.15, 0.2) is 40.7 Å². The van der Waals surface area contributed by atoms with Crippen molar-refractivity contribution in [2.45, 2.75) is 25.8 Å². The van der Waals surface area contributed by atoms with E-state index in [1.807, 2.05) is 18.2 Å². The van der Waals surface area contributed by atoms with Gasteiger partial charge < -0.3 is 15.0 Å². The van der Waals surface area contributed by atoms with Gasteiger partial charge in [-0.3, -0.25) is 14.2 Å². The van der Waals surface area contributed by atoms with Crippen molar-refractivity contribution >= 4 is 29.0 Å². The number of hydrogen-bond acceptors (Lipinski definition) is 4. The van der Waals surface area contributed by atoms with E-state index < -0.39 is 0 Å². The third kappa shape index (κ3) is 4.43. The van der Waals surface area contributed by atoms with Crippen LogP contribution < -0.4 is 10.9 Å². The second kappa shape index (κ2) is 8.22. The largest absolute Gasteiger partial charge is 0.377 e. The molecule has 0 spiro atoms. The van der Waals surface area contributed by atoms with E-state index in [9.17, 15) is 9.59 Å². The number of ether oxygens (including phenoxy) is 1. The molecule has 1 amide bonds. The SMILES string of the molecule is O=C(CCn1c(=S)[nH]c2ccccc2c1=O)NCCC1=CCOCC1. The lowest BCUT2D eigenvalue weighted by Crippen LogP contribution is -2.29. The van der Waals surface area contributed by atoms with Crippen LogP contribution in [0.1, 0.15) is 19.3 Å². The number of nitrogens with zero attached hydrogens (tertiary/aromatic N) is 1. The zero-order chi connectivity index (χ0) is 17.6. The monoisotopic (exact) mass is 359 g/mol. The first-order valence-corrected chi connectivity index (χ1v) is 8.80. The standard InChI is InChI=1S/C18H21N3O3S/c22-16(19-9-5-13-7-11-24-12-8-13)6-10-21-17(23)14-3-1-2-4-15(14)20-18(21)25/h1-4,7H,5-6,8-12H2,(H,19,22)(H,20,25). The molecule has 0 atom stereocenters. The maximum Gasteiger partial charge on any atom is 0.262 e. The summed E-state index contributed by atoms with van der Waals surface area (Å²) in [6.45, 7) is 2.28. The number of hydrogen-bond donors (Lipinski definition) is 2.